The Balaban J connectivity index is 1.88. The van der Waals surface area contributed by atoms with E-state index in [2.05, 4.69) is 20.4 Å². The predicted octanol–water partition coefficient (Wildman–Crippen LogP) is 2.90. The topological polar surface area (TPSA) is 79.8 Å². The van der Waals surface area contributed by atoms with E-state index in [1.165, 1.54) is 18.2 Å². The number of ether oxygens (including phenoxy) is 1. The molecule has 0 saturated heterocycles. The Morgan fingerprint density at radius 1 is 1.07 bits per heavy atom. The predicted molar refractivity (Wildman–Crippen MR) is 105 cm³/mol. The van der Waals surface area contributed by atoms with Crippen LogP contribution in [-0.2, 0) is 22.8 Å². The summed E-state index contributed by atoms with van der Waals surface area (Å²) in [5.41, 5.74) is 1.27. The Kier molecular flexibility index (Phi) is 7.49. The lowest BCUT2D eigenvalue weighted by Crippen LogP contribution is -2.38. The minimum atomic E-state index is -4.76. The maximum Gasteiger partial charge on any atom is 0.573 e. The van der Waals surface area contributed by atoms with E-state index in [9.17, 15) is 21.6 Å². The maximum atomic E-state index is 12.5. The maximum absolute atomic E-state index is 12.5. The van der Waals surface area contributed by atoms with Gasteiger partial charge in [-0.2, -0.15) is 0 Å². The molecular weight excluding hydrogens is 407 g/mol. The molecule has 158 valence electrons. The van der Waals surface area contributed by atoms with Gasteiger partial charge in [-0.25, -0.2) is 8.42 Å². The van der Waals surface area contributed by atoms with Crippen molar-refractivity contribution < 1.29 is 26.3 Å². The Bertz CT molecular complexity index is 943. The molecule has 0 saturated carbocycles. The number of sulfone groups is 1. The minimum Gasteiger partial charge on any atom is -0.405 e. The van der Waals surface area contributed by atoms with Crippen molar-refractivity contribution in [3.05, 3.63) is 59.7 Å². The molecule has 0 aromatic heterocycles. The molecule has 29 heavy (non-hydrogen) atoms. The summed E-state index contributed by atoms with van der Waals surface area (Å²) in [5, 5.41) is 6.00. The molecule has 0 aliphatic rings. The molecule has 2 aromatic rings. The molecule has 0 fully saturated rings. The van der Waals surface area contributed by atoms with Crippen molar-refractivity contribution in [2.75, 3.05) is 19.8 Å². The van der Waals surface area contributed by atoms with E-state index in [-0.39, 0.29) is 17.2 Å². The number of para-hydroxylation sites is 1. The first-order valence-electron chi connectivity index (χ1n) is 8.65. The molecule has 6 nitrogen and oxygen atoms in total. The van der Waals surface area contributed by atoms with E-state index in [0.29, 0.717) is 24.5 Å². The van der Waals surface area contributed by atoms with Crippen molar-refractivity contribution in [1.82, 2.24) is 10.6 Å². The van der Waals surface area contributed by atoms with Crippen molar-refractivity contribution in [1.29, 1.82) is 0 Å². The monoisotopic (exact) mass is 429 g/mol. The first kappa shape index (κ1) is 22.5. The van der Waals surface area contributed by atoms with E-state index in [1.807, 2.05) is 0 Å². The number of nitrogens with zero attached hydrogens (tertiary/aromatic N) is 1. The summed E-state index contributed by atoms with van der Waals surface area (Å²) in [4.78, 5) is 4.29. The highest BCUT2D eigenvalue weighted by atomic mass is 32.2. The molecule has 0 atom stereocenters. The zero-order valence-electron chi connectivity index (χ0n) is 16.0. The van der Waals surface area contributed by atoms with Crippen LogP contribution < -0.4 is 15.4 Å². The number of halogens is 3. The van der Waals surface area contributed by atoms with Crippen molar-refractivity contribution >= 4 is 15.8 Å². The van der Waals surface area contributed by atoms with E-state index in [1.54, 1.807) is 37.4 Å². The zero-order valence-corrected chi connectivity index (χ0v) is 16.8. The van der Waals surface area contributed by atoms with Gasteiger partial charge in [0.25, 0.3) is 0 Å². The molecule has 0 aliphatic carbocycles. The first-order valence-corrected chi connectivity index (χ1v) is 10.5. The van der Waals surface area contributed by atoms with Crippen LogP contribution in [0.4, 0.5) is 13.2 Å². The minimum absolute atomic E-state index is 0.0922. The van der Waals surface area contributed by atoms with Crippen LogP contribution in [0.1, 0.15) is 11.1 Å². The van der Waals surface area contributed by atoms with E-state index >= 15 is 0 Å². The summed E-state index contributed by atoms with van der Waals surface area (Å²) in [6.07, 6.45) is -3.00. The van der Waals surface area contributed by atoms with Gasteiger partial charge in [-0.1, -0.05) is 30.3 Å². The number of alkyl halides is 3. The summed E-state index contributed by atoms with van der Waals surface area (Å²) in [6.45, 7) is 0.591. The second-order valence-electron chi connectivity index (χ2n) is 6.17. The fourth-order valence-corrected chi connectivity index (χ4v) is 3.13. The quantitative estimate of drug-likeness (QED) is 0.523. The Labute approximate surface area is 167 Å². The van der Waals surface area contributed by atoms with Crippen molar-refractivity contribution in [2.45, 2.75) is 24.2 Å². The van der Waals surface area contributed by atoms with Crippen LogP contribution in [-0.4, -0.2) is 40.6 Å². The summed E-state index contributed by atoms with van der Waals surface area (Å²) in [6, 6.07) is 12.4. The second kappa shape index (κ2) is 9.64. The van der Waals surface area contributed by atoms with Gasteiger partial charge >= 0.3 is 6.36 Å². The van der Waals surface area contributed by atoms with E-state index in [4.69, 9.17) is 0 Å². The molecular formula is C19H22F3N3O3S. The first-order chi connectivity index (χ1) is 13.6. The molecule has 0 heterocycles. The van der Waals surface area contributed by atoms with Gasteiger partial charge in [-0.15, -0.1) is 13.2 Å². The zero-order chi connectivity index (χ0) is 21.5. The number of benzene rings is 2. The number of guanidine groups is 1. The standard InChI is InChI=1S/C19H22F3N3O3S/c1-23-18(24-12-11-14-7-9-16(10-8-14)29(2,26)27)25-13-15-5-3-4-6-17(15)28-19(20,21)22/h3-10H,11-13H2,1-2H3,(H2,23,24,25). The highest BCUT2D eigenvalue weighted by Crippen LogP contribution is 2.26. The Morgan fingerprint density at radius 2 is 1.72 bits per heavy atom. The van der Waals surface area contributed by atoms with Crippen LogP contribution in [0, 0.1) is 0 Å². The second-order valence-corrected chi connectivity index (χ2v) is 8.19. The third kappa shape index (κ3) is 7.65. The van der Waals surface area contributed by atoms with Gasteiger partial charge in [0, 0.05) is 32.0 Å². The smallest absolute Gasteiger partial charge is 0.405 e. The van der Waals surface area contributed by atoms with Crippen molar-refractivity contribution in [3.63, 3.8) is 0 Å². The number of hydrogen-bond acceptors (Lipinski definition) is 4. The fourth-order valence-electron chi connectivity index (χ4n) is 2.50. The van der Waals surface area contributed by atoms with Crippen molar-refractivity contribution in [3.8, 4) is 5.75 Å². The van der Waals surface area contributed by atoms with Gasteiger partial charge in [0.15, 0.2) is 15.8 Å². The molecule has 0 unspecified atom stereocenters. The molecule has 0 amide bonds. The van der Waals surface area contributed by atoms with Gasteiger partial charge in [0.1, 0.15) is 5.75 Å². The van der Waals surface area contributed by atoms with Gasteiger partial charge in [-0.05, 0) is 30.2 Å². The molecule has 2 rings (SSSR count). The third-order valence-electron chi connectivity index (χ3n) is 3.93. The SMILES string of the molecule is CN=C(NCCc1ccc(S(C)(=O)=O)cc1)NCc1ccccc1OC(F)(F)F. The van der Waals surface area contributed by atoms with Gasteiger partial charge in [0.2, 0.25) is 0 Å². The van der Waals surface area contributed by atoms with Crippen LogP contribution in [0.25, 0.3) is 0 Å². The van der Waals surface area contributed by atoms with Crippen molar-refractivity contribution in [2.24, 2.45) is 4.99 Å². The van der Waals surface area contributed by atoms with Gasteiger partial charge in [0.05, 0.1) is 4.90 Å². The van der Waals surface area contributed by atoms with Crippen LogP contribution >= 0.6 is 0 Å². The highest BCUT2D eigenvalue weighted by Gasteiger charge is 2.31. The van der Waals surface area contributed by atoms with Crippen LogP contribution in [0.5, 0.6) is 5.75 Å². The number of rotatable bonds is 7. The van der Waals surface area contributed by atoms with Gasteiger partial charge < -0.3 is 15.4 Å². The van der Waals surface area contributed by atoms with Crippen LogP contribution in [0.2, 0.25) is 0 Å². The summed E-state index contributed by atoms with van der Waals surface area (Å²) in [7, 11) is -1.68. The largest absolute Gasteiger partial charge is 0.573 e. The summed E-state index contributed by atoms with van der Waals surface area (Å²) < 4.78 is 64.4. The van der Waals surface area contributed by atoms with E-state index < -0.39 is 16.2 Å². The fraction of sp³-hybridized carbons (Fsp3) is 0.316. The number of hydrogen-bond donors (Lipinski definition) is 2. The van der Waals surface area contributed by atoms with Crippen LogP contribution in [0.3, 0.4) is 0 Å². The molecule has 0 aliphatic heterocycles. The normalized spacial score (nSPS) is 12.5. The Morgan fingerprint density at radius 3 is 2.31 bits per heavy atom. The third-order valence-corrected chi connectivity index (χ3v) is 5.05. The molecule has 0 radical (unpaired) electrons. The molecule has 10 heteroatoms. The average molecular weight is 429 g/mol. The Hall–Kier alpha value is -2.75. The average Bonchev–Trinajstić information content (AvgIpc) is 2.64. The number of aliphatic imine (C=N–C) groups is 1. The highest BCUT2D eigenvalue weighted by molar-refractivity contribution is 7.90. The summed E-state index contributed by atoms with van der Waals surface area (Å²) in [5.74, 6) is 0.147. The lowest BCUT2D eigenvalue weighted by atomic mass is 10.1. The lowest BCUT2D eigenvalue weighted by molar-refractivity contribution is -0.274. The molecule has 0 bridgehead atoms. The molecule has 0 spiro atoms. The number of nitrogens with one attached hydrogen (secondary N) is 2. The van der Waals surface area contributed by atoms with Crippen LogP contribution in [0.15, 0.2) is 58.4 Å². The lowest BCUT2D eigenvalue weighted by Gasteiger charge is -2.15. The molecule has 2 N–H and O–H groups in total. The van der Waals surface area contributed by atoms with E-state index in [0.717, 1.165) is 11.8 Å². The molecule has 2 aromatic carbocycles. The summed E-state index contributed by atoms with van der Waals surface area (Å²) >= 11 is 0. The van der Waals surface area contributed by atoms with Gasteiger partial charge in [-0.3, -0.25) is 4.99 Å².